The summed E-state index contributed by atoms with van der Waals surface area (Å²) in [5.74, 6) is 0. The van der Waals surface area contributed by atoms with E-state index in [1.165, 1.54) is 0 Å². The standard InChI is InChI=1S/C12H14BrN3O/c1-17-9-10-3-2-4-12(7-10)16-8-11(5-6-13)14-15-16/h2-4,7-8H,5-6,9H2,1H3. The Balaban J connectivity index is 2.22. The summed E-state index contributed by atoms with van der Waals surface area (Å²) in [5.41, 5.74) is 3.12. The number of aromatic nitrogens is 3. The average Bonchev–Trinajstić information content (AvgIpc) is 2.79. The highest BCUT2D eigenvalue weighted by Gasteiger charge is 2.03. The van der Waals surface area contributed by atoms with E-state index in [2.05, 4.69) is 32.3 Å². The molecule has 0 atom stereocenters. The van der Waals surface area contributed by atoms with E-state index in [1.807, 2.05) is 24.4 Å². The van der Waals surface area contributed by atoms with E-state index in [-0.39, 0.29) is 0 Å². The van der Waals surface area contributed by atoms with Crippen LogP contribution in [0.15, 0.2) is 30.5 Å². The minimum absolute atomic E-state index is 0.608. The SMILES string of the molecule is COCc1cccc(-n2cc(CCBr)nn2)c1. The molecule has 0 radical (unpaired) electrons. The summed E-state index contributed by atoms with van der Waals surface area (Å²) in [5, 5.41) is 9.12. The molecule has 0 fully saturated rings. The molecule has 0 unspecified atom stereocenters. The van der Waals surface area contributed by atoms with Crippen molar-refractivity contribution in [1.29, 1.82) is 0 Å². The Labute approximate surface area is 109 Å². The zero-order valence-corrected chi connectivity index (χ0v) is 11.2. The fraction of sp³-hybridized carbons (Fsp3) is 0.333. The van der Waals surface area contributed by atoms with Gasteiger partial charge in [0, 0.05) is 18.9 Å². The zero-order chi connectivity index (χ0) is 12.1. The Kier molecular flexibility index (Phi) is 4.28. The van der Waals surface area contributed by atoms with Gasteiger partial charge in [-0.3, -0.25) is 0 Å². The van der Waals surface area contributed by atoms with Crippen molar-refractivity contribution in [2.24, 2.45) is 0 Å². The van der Waals surface area contributed by atoms with Crippen LogP contribution in [-0.4, -0.2) is 27.4 Å². The van der Waals surface area contributed by atoms with E-state index in [0.717, 1.165) is 28.7 Å². The summed E-state index contributed by atoms with van der Waals surface area (Å²) < 4.78 is 6.90. The highest BCUT2D eigenvalue weighted by Crippen LogP contribution is 2.11. The van der Waals surface area contributed by atoms with Crippen molar-refractivity contribution < 1.29 is 4.74 Å². The van der Waals surface area contributed by atoms with Gasteiger partial charge in [-0.1, -0.05) is 33.3 Å². The maximum Gasteiger partial charge on any atom is 0.0840 e. The van der Waals surface area contributed by atoms with Crippen LogP contribution >= 0.6 is 15.9 Å². The summed E-state index contributed by atoms with van der Waals surface area (Å²) in [6.07, 6.45) is 2.84. The molecule has 0 aliphatic carbocycles. The number of halogens is 1. The third-order valence-electron chi connectivity index (χ3n) is 2.38. The Hall–Kier alpha value is -1.20. The Morgan fingerprint density at radius 3 is 3.06 bits per heavy atom. The molecule has 1 aromatic heterocycles. The van der Waals surface area contributed by atoms with Gasteiger partial charge < -0.3 is 4.74 Å². The molecule has 0 spiro atoms. The first-order valence-electron chi connectivity index (χ1n) is 5.39. The smallest absolute Gasteiger partial charge is 0.0840 e. The Morgan fingerprint density at radius 2 is 2.29 bits per heavy atom. The molecule has 0 saturated heterocycles. The summed E-state index contributed by atoms with van der Waals surface area (Å²) >= 11 is 3.39. The van der Waals surface area contributed by atoms with Crippen molar-refractivity contribution in [2.45, 2.75) is 13.0 Å². The van der Waals surface area contributed by atoms with Crippen LogP contribution in [0, 0.1) is 0 Å². The molecule has 0 N–H and O–H groups in total. The lowest BCUT2D eigenvalue weighted by atomic mass is 10.2. The molecule has 1 heterocycles. The maximum absolute atomic E-state index is 5.11. The van der Waals surface area contributed by atoms with E-state index in [0.29, 0.717) is 6.61 Å². The lowest BCUT2D eigenvalue weighted by Gasteiger charge is -2.03. The number of rotatable bonds is 5. The molecular formula is C12H14BrN3O. The van der Waals surface area contributed by atoms with Crippen molar-refractivity contribution in [3.8, 4) is 5.69 Å². The van der Waals surface area contributed by atoms with Gasteiger partial charge in [-0.15, -0.1) is 5.10 Å². The summed E-state index contributed by atoms with van der Waals surface area (Å²) in [6, 6.07) is 8.08. The number of benzene rings is 1. The van der Waals surface area contributed by atoms with Gasteiger partial charge in [0.2, 0.25) is 0 Å². The van der Waals surface area contributed by atoms with Crippen LogP contribution in [0.4, 0.5) is 0 Å². The molecule has 1 aromatic carbocycles. The Bertz CT molecular complexity index is 484. The number of alkyl halides is 1. The number of hydrogen-bond acceptors (Lipinski definition) is 3. The molecule has 17 heavy (non-hydrogen) atoms. The van der Waals surface area contributed by atoms with E-state index in [1.54, 1.807) is 11.8 Å². The second-order valence-corrected chi connectivity index (χ2v) is 4.49. The first-order valence-corrected chi connectivity index (χ1v) is 6.51. The number of aryl methyl sites for hydroxylation is 1. The van der Waals surface area contributed by atoms with Crippen LogP contribution in [-0.2, 0) is 17.8 Å². The van der Waals surface area contributed by atoms with Gasteiger partial charge >= 0.3 is 0 Å². The molecule has 5 heteroatoms. The fourth-order valence-electron chi connectivity index (χ4n) is 1.59. The van der Waals surface area contributed by atoms with E-state index in [4.69, 9.17) is 4.74 Å². The van der Waals surface area contributed by atoms with E-state index >= 15 is 0 Å². The molecule has 2 rings (SSSR count). The summed E-state index contributed by atoms with van der Waals surface area (Å²) in [6.45, 7) is 0.608. The third-order valence-corrected chi connectivity index (χ3v) is 2.77. The first kappa shape index (κ1) is 12.3. The second kappa shape index (κ2) is 5.93. The minimum atomic E-state index is 0.608. The number of hydrogen-bond donors (Lipinski definition) is 0. The Morgan fingerprint density at radius 1 is 1.41 bits per heavy atom. The molecule has 0 saturated carbocycles. The van der Waals surface area contributed by atoms with Crippen LogP contribution in [0.2, 0.25) is 0 Å². The maximum atomic E-state index is 5.11. The van der Waals surface area contributed by atoms with Gasteiger partial charge in [0.15, 0.2) is 0 Å². The molecule has 0 amide bonds. The topological polar surface area (TPSA) is 39.9 Å². The van der Waals surface area contributed by atoms with Crippen LogP contribution in [0.3, 0.4) is 0 Å². The van der Waals surface area contributed by atoms with Gasteiger partial charge in [0.1, 0.15) is 0 Å². The predicted octanol–water partition coefficient (Wildman–Crippen LogP) is 2.35. The van der Waals surface area contributed by atoms with Gasteiger partial charge in [-0.25, -0.2) is 4.68 Å². The summed E-state index contributed by atoms with van der Waals surface area (Å²) in [7, 11) is 1.69. The van der Waals surface area contributed by atoms with Crippen molar-refractivity contribution in [3.05, 3.63) is 41.7 Å². The van der Waals surface area contributed by atoms with Crippen LogP contribution in [0.5, 0.6) is 0 Å². The normalized spacial score (nSPS) is 10.7. The van der Waals surface area contributed by atoms with Crippen LogP contribution in [0.1, 0.15) is 11.3 Å². The quantitative estimate of drug-likeness (QED) is 0.795. The molecule has 2 aromatic rings. The molecule has 0 bridgehead atoms. The van der Waals surface area contributed by atoms with Crippen LogP contribution in [0.25, 0.3) is 5.69 Å². The largest absolute Gasteiger partial charge is 0.380 e. The zero-order valence-electron chi connectivity index (χ0n) is 9.64. The highest BCUT2D eigenvalue weighted by molar-refractivity contribution is 9.09. The van der Waals surface area contributed by atoms with Gasteiger partial charge in [0.25, 0.3) is 0 Å². The molecule has 0 aliphatic rings. The lowest BCUT2D eigenvalue weighted by Crippen LogP contribution is -1.96. The van der Waals surface area contributed by atoms with Gasteiger partial charge in [-0.05, 0) is 17.7 Å². The number of methoxy groups -OCH3 is 1. The highest BCUT2D eigenvalue weighted by atomic mass is 79.9. The number of nitrogens with zero attached hydrogens (tertiary/aromatic N) is 3. The van der Waals surface area contributed by atoms with Crippen molar-refractivity contribution in [3.63, 3.8) is 0 Å². The van der Waals surface area contributed by atoms with Gasteiger partial charge in [-0.2, -0.15) is 0 Å². The summed E-state index contributed by atoms with van der Waals surface area (Å²) in [4.78, 5) is 0. The second-order valence-electron chi connectivity index (χ2n) is 3.70. The molecular weight excluding hydrogens is 282 g/mol. The predicted molar refractivity (Wildman–Crippen MR) is 69.6 cm³/mol. The first-order chi connectivity index (χ1) is 8.33. The van der Waals surface area contributed by atoms with Gasteiger partial charge in [0.05, 0.1) is 24.2 Å². The number of ether oxygens (including phenoxy) is 1. The van der Waals surface area contributed by atoms with Crippen LogP contribution < -0.4 is 0 Å². The fourth-order valence-corrected chi connectivity index (χ4v) is 2.00. The van der Waals surface area contributed by atoms with E-state index in [9.17, 15) is 0 Å². The van der Waals surface area contributed by atoms with Crippen molar-refractivity contribution >= 4 is 15.9 Å². The molecule has 4 nitrogen and oxygen atoms in total. The lowest BCUT2D eigenvalue weighted by molar-refractivity contribution is 0.185. The van der Waals surface area contributed by atoms with Crippen molar-refractivity contribution in [2.75, 3.05) is 12.4 Å². The van der Waals surface area contributed by atoms with E-state index < -0.39 is 0 Å². The minimum Gasteiger partial charge on any atom is -0.380 e. The monoisotopic (exact) mass is 295 g/mol. The average molecular weight is 296 g/mol. The molecule has 0 aliphatic heterocycles. The third kappa shape index (κ3) is 3.14. The molecule has 90 valence electrons. The van der Waals surface area contributed by atoms with Crippen molar-refractivity contribution in [1.82, 2.24) is 15.0 Å².